The summed E-state index contributed by atoms with van der Waals surface area (Å²) in [6.07, 6.45) is 7.13. The summed E-state index contributed by atoms with van der Waals surface area (Å²) in [6.45, 7) is 0. The zero-order chi connectivity index (χ0) is 25.3. The van der Waals surface area contributed by atoms with E-state index in [0.717, 1.165) is 27.2 Å². The van der Waals surface area contributed by atoms with Crippen LogP contribution < -0.4 is 19.9 Å². The maximum atomic E-state index is 11.7. The summed E-state index contributed by atoms with van der Waals surface area (Å²) >= 11 is 0. The number of nitrogens with zero attached hydrogens (tertiary/aromatic N) is 2. The first-order valence-corrected chi connectivity index (χ1v) is 11.3. The van der Waals surface area contributed by atoms with Gasteiger partial charge in [0.05, 0.1) is 25.8 Å². The standard InChI is InChI=1S/C29H23N3O4/c1-34-26-14-23-24(15-27(26)35-2)32-11-9-25(23)36-22-8-6-18-12-21(7-5-19(18)13-22)29(17-30)10-3-4-20(16-29)28(31)33/h3-15H,16H2,1-2H3,(H2,31,33). The van der Waals surface area contributed by atoms with Crippen molar-refractivity contribution in [3.05, 3.63) is 90.2 Å². The largest absolute Gasteiger partial charge is 0.493 e. The van der Waals surface area contributed by atoms with Crippen molar-refractivity contribution >= 4 is 27.6 Å². The summed E-state index contributed by atoms with van der Waals surface area (Å²) in [6, 6.07) is 19.4. The molecule has 1 aliphatic rings. The lowest BCUT2D eigenvalue weighted by molar-refractivity contribution is -0.114. The van der Waals surface area contributed by atoms with Crippen LogP contribution in [0.1, 0.15) is 12.0 Å². The third-order valence-corrected chi connectivity index (χ3v) is 6.42. The molecule has 1 heterocycles. The summed E-state index contributed by atoms with van der Waals surface area (Å²) in [7, 11) is 3.17. The number of nitrogens with two attached hydrogens (primary N) is 1. The lowest BCUT2D eigenvalue weighted by atomic mass is 9.73. The maximum Gasteiger partial charge on any atom is 0.244 e. The number of amides is 1. The minimum atomic E-state index is -0.946. The van der Waals surface area contributed by atoms with Gasteiger partial charge in [0.25, 0.3) is 0 Å². The number of carbonyl (C=O) groups is 1. The molecule has 0 spiro atoms. The van der Waals surface area contributed by atoms with Crippen LogP contribution in [0.4, 0.5) is 0 Å². The van der Waals surface area contributed by atoms with Crippen LogP contribution in [0.15, 0.2) is 84.6 Å². The van der Waals surface area contributed by atoms with Crippen LogP contribution in [-0.4, -0.2) is 25.1 Å². The molecule has 0 radical (unpaired) electrons. The molecular formula is C29H23N3O4. The fourth-order valence-corrected chi connectivity index (χ4v) is 4.48. The van der Waals surface area contributed by atoms with Gasteiger partial charge in [0.15, 0.2) is 11.5 Å². The Kier molecular flexibility index (Phi) is 5.79. The van der Waals surface area contributed by atoms with E-state index in [1.54, 1.807) is 38.6 Å². The highest BCUT2D eigenvalue weighted by molar-refractivity contribution is 5.93. The number of nitriles is 1. The molecule has 2 N–H and O–H groups in total. The Labute approximate surface area is 208 Å². The van der Waals surface area contributed by atoms with Gasteiger partial charge < -0.3 is 19.9 Å². The first-order valence-electron chi connectivity index (χ1n) is 11.3. The van der Waals surface area contributed by atoms with Crippen molar-refractivity contribution in [3.8, 4) is 29.1 Å². The van der Waals surface area contributed by atoms with E-state index in [1.165, 1.54) is 0 Å². The second kappa shape index (κ2) is 9.08. The van der Waals surface area contributed by atoms with E-state index in [1.807, 2.05) is 54.6 Å². The number of allylic oxidation sites excluding steroid dienone is 3. The molecule has 1 atom stereocenters. The summed E-state index contributed by atoms with van der Waals surface area (Å²) in [5, 5.41) is 12.7. The number of hydrogen-bond acceptors (Lipinski definition) is 6. The SMILES string of the molecule is COc1cc2nccc(Oc3ccc4cc(C5(C#N)C=CC=C(C(N)=O)C5)ccc4c3)c2cc1OC. The van der Waals surface area contributed by atoms with Gasteiger partial charge in [-0.15, -0.1) is 0 Å². The molecule has 4 aromatic rings. The number of aromatic nitrogens is 1. The lowest BCUT2D eigenvalue weighted by Crippen LogP contribution is -2.28. The van der Waals surface area contributed by atoms with Crippen molar-refractivity contribution in [1.29, 1.82) is 5.26 Å². The predicted octanol–water partition coefficient (Wildman–Crippen LogP) is 5.33. The predicted molar refractivity (Wildman–Crippen MR) is 137 cm³/mol. The molecular weight excluding hydrogens is 454 g/mol. The van der Waals surface area contributed by atoms with E-state index < -0.39 is 11.3 Å². The van der Waals surface area contributed by atoms with Crippen LogP contribution in [0.2, 0.25) is 0 Å². The van der Waals surface area contributed by atoms with Crippen molar-refractivity contribution in [3.63, 3.8) is 0 Å². The van der Waals surface area contributed by atoms with Gasteiger partial charge in [-0.05, 0) is 46.7 Å². The Morgan fingerprint density at radius 2 is 1.75 bits per heavy atom. The van der Waals surface area contributed by atoms with E-state index in [9.17, 15) is 10.1 Å². The van der Waals surface area contributed by atoms with E-state index in [-0.39, 0.29) is 6.42 Å². The van der Waals surface area contributed by atoms with E-state index >= 15 is 0 Å². The average Bonchev–Trinajstić information content (AvgIpc) is 2.92. The molecule has 1 aliphatic carbocycles. The minimum Gasteiger partial charge on any atom is -0.493 e. The van der Waals surface area contributed by atoms with Crippen molar-refractivity contribution < 1.29 is 19.0 Å². The van der Waals surface area contributed by atoms with Crippen molar-refractivity contribution in [2.75, 3.05) is 14.2 Å². The van der Waals surface area contributed by atoms with Crippen LogP contribution in [-0.2, 0) is 10.2 Å². The molecule has 0 aliphatic heterocycles. The summed E-state index contributed by atoms with van der Waals surface area (Å²) in [5.74, 6) is 1.97. The van der Waals surface area contributed by atoms with E-state index in [0.29, 0.717) is 28.6 Å². The fraction of sp³-hybridized carbons (Fsp3) is 0.138. The molecule has 0 saturated carbocycles. The molecule has 7 heteroatoms. The Morgan fingerprint density at radius 1 is 1.00 bits per heavy atom. The highest BCUT2D eigenvalue weighted by Gasteiger charge is 2.33. The number of hydrogen-bond donors (Lipinski definition) is 1. The topological polar surface area (TPSA) is 107 Å². The van der Waals surface area contributed by atoms with Crippen molar-refractivity contribution in [2.45, 2.75) is 11.8 Å². The van der Waals surface area contributed by atoms with Gasteiger partial charge in [-0.3, -0.25) is 9.78 Å². The molecule has 0 saturated heterocycles. The monoisotopic (exact) mass is 477 g/mol. The van der Waals surface area contributed by atoms with Crippen LogP contribution in [0.5, 0.6) is 23.0 Å². The Morgan fingerprint density at radius 3 is 2.50 bits per heavy atom. The lowest BCUT2D eigenvalue weighted by Gasteiger charge is -2.26. The highest BCUT2D eigenvalue weighted by Crippen LogP contribution is 2.39. The van der Waals surface area contributed by atoms with Crippen molar-refractivity contribution in [1.82, 2.24) is 4.98 Å². The zero-order valence-electron chi connectivity index (χ0n) is 19.8. The van der Waals surface area contributed by atoms with Gasteiger partial charge in [0.1, 0.15) is 16.9 Å². The quantitative estimate of drug-likeness (QED) is 0.402. The molecule has 1 amide bonds. The van der Waals surface area contributed by atoms with Crippen molar-refractivity contribution in [2.24, 2.45) is 5.73 Å². The molecule has 3 aromatic carbocycles. The molecule has 36 heavy (non-hydrogen) atoms. The maximum absolute atomic E-state index is 11.7. The molecule has 178 valence electrons. The zero-order valence-corrected chi connectivity index (χ0v) is 19.8. The third-order valence-electron chi connectivity index (χ3n) is 6.42. The number of ether oxygens (including phenoxy) is 3. The van der Waals surface area contributed by atoms with Gasteiger partial charge in [0.2, 0.25) is 5.91 Å². The number of fused-ring (bicyclic) bond motifs is 2. The summed E-state index contributed by atoms with van der Waals surface area (Å²) in [4.78, 5) is 16.1. The molecule has 1 aromatic heterocycles. The minimum absolute atomic E-state index is 0.241. The van der Waals surface area contributed by atoms with Crippen LogP contribution in [0.3, 0.4) is 0 Å². The average molecular weight is 478 g/mol. The van der Waals surface area contributed by atoms with Crippen LogP contribution >= 0.6 is 0 Å². The van der Waals surface area contributed by atoms with Gasteiger partial charge in [-0.2, -0.15) is 5.26 Å². The highest BCUT2D eigenvalue weighted by atomic mass is 16.5. The number of primary amides is 1. The smallest absolute Gasteiger partial charge is 0.244 e. The number of pyridine rings is 1. The second-order valence-electron chi connectivity index (χ2n) is 8.53. The summed E-state index contributed by atoms with van der Waals surface area (Å²) in [5.41, 5.74) is 6.49. The molecule has 5 rings (SSSR count). The second-order valence-corrected chi connectivity index (χ2v) is 8.53. The Hall–Kier alpha value is -4.83. The first kappa shape index (κ1) is 22.9. The van der Waals surface area contributed by atoms with Crippen LogP contribution in [0.25, 0.3) is 21.7 Å². The number of rotatable bonds is 6. The van der Waals surface area contributed by atoms with Gasteiger partial charge >= 0.3 is 0 Å². The van der Waals surface area contributed by atoms with Gasteiger partial charge in [0, 0.05) is 29.6 Å². The molecule has 0 fully saturated rings. The normalized spacial score (nSPS) is 16.9. The fourth-order valence-electron chi connectivity index (χ4n) is 4.48. The number of carbonyl (C=O) groups excluding carboxylic acids is 1. The first-order chi connectivity index (χ1) is 17.5. The van der Waals surface area contributed by atoms with E-state index in [2.05, 4.69) is 11.1 Å². The molecule has 7 nitrogen and oxygen atoms in total. The Balaban J connectivity index is 1.48. The van der Waals surface area contributed by atoms with Crippen LogP contribution in [0, 0.1) is 11.3 Å². The third kappa shape index (κ3) is 3.99. The van der Waals surface area contributed by atoms with Gasteiger partial charge in [-0.25, -0.2) is 0 Å². The molecule has 1 unspecified atom stereocenters. The van der Waals surface area contributed by atoms with E-state index in [4.69, 9.17) is 19.9 Å². The Bertz CT molecular complexity index is 1620. The summed E-state index contributed by atoms with van der Waals surface area (Å²) < 4.78 is 17.1. The van der Waals surface area contributed by atoms with Gasteiger partial charge in [-0.1, -0.05) is 36.4 Å². The number of benzene rings is 3. The molecule has 0 bridgehead atoms. The number of methoxy groups -OCH3 is 2.